The lowest BCUT2D eigenvalue weighted by Crippen LogP contribution is -3.19. The molecule has 0 saturated carbocycles. The number of rotatable bonds is 6. The first kappa shape index (κ1) is 20.7. The fraction of sp³-hybridized carbons (Fsp3) is 0.435. The van der Waals surface area contributed by atoms with E-state index in [2.05, 4.69) is 36.2 Å². The summed E-state index contributed by atoms with van der Waals surface area (Å²) in [5, 5.41) is 3.95. The van der Waals surface area contributed by atoms with Crippen LogP contribution in [0.3, 0.4) is 0 Å². The molecule has 1 fully saturated rings. The molecule has 5 heteroatoms. The largest absolute Gasteiger partial charge is 0.360 e. The van der Waals surface area contributed by atoms with Gasteiger partial charge < -0.3 is 15.1 Å². The van der Waals surface area contributed by atoms with Gasteiger partial charge in [-0.2, -0.15) is 0 Å². The highest BCUT2D eigenvalue weighted by molar-refractivity contribution is 6.30. The molecule has 1 saturated heterocycles. The summed E-state index contributed by atoms with van der Waals surface area (Å²) in [4.78, 5) is 16.6. The van der Waals surface area contributed by atoms with Crippen molar-refractivity contribution in [3.63, 3.8) is 0 Å². The Bertz CT molecular complexity index is 802. The number of quaternary nitrogens is 1. The van der Waals surface area contributed by atoms with E-state index in [0.29, 0.717) is 5.92 Å². The van der Waals surface area contributed by atoms with Crippen LogP contribution in [0.5, 0.6) is 0 Å². The number of carbonyl (C=O) groups is 1. The molecule has 2 atom stereocenters. The zero-order valence-corrected chi connectivity index (χ0v) is 17.8. The lowest BCUT2D eigenvalue weighted by Gasteiger charge is -2.36. The molecule has 150 valence electrons. The topological polar surface area (TPSA) is 36.8 Å². The van der Waals surface area contributed by atoms with Crippen molar-refractivity contribution >= 4 is 28.9 Å². The Hall–Kier alpha value is -2.04. The summed E-state index contributed by atoms with van der Waals surface area (Å²) in [5.74, 6) is 0.530. The summed E-state index contributed by atoms with van der Waals surface area (Å²) >= 11 is 6.12. The average Bonchev–Trinajstić information content (AvgIpc) is 2.73. The second-order valence-corrected chi connectivity index (χ2v) is 8.17. The van der Waals surface area contributed by atoms with Crippen molar-refractivity contribution in [2.24, 2.45) is 0 Å². The Morgan fingerprint density at radius 2 is 1.86 bits per heavy atom. The van der Waals surface area contributed by atoms with Crippen LogP contribution in [-0.2, 0) is 4.79 Å². The molecule has 0 aliphatic carbocycles. The van der Waals surface area contributed by atoms with Gasteiger partial charge in [0.1, 0.15) is 0 Å². The van der Waals surface area contributed by atoms with Crippen LogP contribution < -0.4 is 15.1 Å². The highest BCUT2D eigenvalue weighted by Crippen LogP contribution is 2.26. The van der Waals surface area contributed by atoms with E-state index in [9.17, 15) is 4.79 Å². The number of nitrogens with zero attached hydrogens (tertiary/aromatic N) is 1. The molecule has 2 N–H and O–H groups in total. The maximum absolute atomic E-state index is 12.9. The Kier molecular flexibility index (Phi) is 6.97. The third kappa shape index (κ3) is 4.86. The average molecular weight is 401 g/mol. The minimum Gasteiger partial charge on any atom is -0.360 e. The second kappa shape index (κ2) is 9.44. The van der Waals surface area contributed by atoms with E-state index in [1.54, 1.807) is 0 Å². The summed E-state index contributed by atoms with van der Waals surface area (Å²) in [7, 11) is 0. The molecule has 1 aliphatic heterocycles. The van der Waals surface area contributed by atoms with E-state index in [-0.39, 0.29) is 11.9 Å². The van der Waals surface area contributed by atoms with Gasteiger partial charge in [0.15, 0.2) is 6.04 Å². The summed E-state index contributed by atoms with van der Waals surface area (Å²) < 4.78 is 0. The predicted octanol–water partition coefficient (Wildman–Crippen LogP) is 3.59. The molecular weight excluding hydrogens is 370 g/mol. The zero-order chi connectivity index (χ0) is 20.1. The van der Waals surface area contributed by atoms with Crippen molar-refractivity contribution in [1.82, 2.24) is 0 Å². The fourth-order valence-electron chi connectivity index (χ4n) is 3.84. The molecule has 1 aliphatic rings. The van der Waals surface area contributed by atoms with E-state index in [1.165, 1.54) is 10.5 Å². The molecule has 1 amide bonds. The van der Waals surface area contributed by atoms with Crippen LogP contribution in [0, 0.1) is 0 Å². The number of nitrogens with one attached hydrogen (secondary N) is 2. The second-order valence-electron chi connectivity index (χ2n) is 7.73. The SMILES string of the molecule is CC[C@H](C)c1ccccc1NC(=O)[C@@H](C)[NH+]1CCN(c2cccc(Cl)c2)CC1. The number of anilines is 2. The molecule has 1 heterocycles. The molecule has 0 spiro atoms. The lowest BCUT2D eigenvalue weighted by molar-refractivity contribution is -0.914. The molecule has 3 rings (SSSR count). The van der Waals surface area contributed by atoms with Gasteiger partial charge in [0.25, 0.3) is 5.91 Å². The van der Waals surface area contributed by atoms with Crippen LogP contribution in [0.4, 0.5) is 11.4 Å². The zero-order valence-electron chi connectivity index (χ0n) is 17.0. The van der Waals surface area contributed by atoms with E-state index >= 15 is 0 Å². The highest BCUT2D eigenvalue weighted by atomic mass is 35.5. The van der Waals surface area contributed by atoms with Gasteiger partial charge in [-0.15, -0.1) is 0 Å². The lowest BCUT2D eigenvalue weighted by atomic mass is 9.97. The molecular formula is C23H31ClN3O+. The van der Waals surface area contributed by atoms with E-state index in [1.807, 2.05) is 43.3 Å². The normalized spacial score (nSPS) is 17.2. The first-order valence-electron chi connectivity index (χ1n) is 10.2. The van der Waals surface area contributed by atoms with Gasteiger partial charge in [0.2, 0.25) is 0 Å². The van der Waals surface area contributed by atoms with Crippen molar-refractivity contribution in [3.8, 4) is 0 Å². The number of piperazine rings is 1. The van der Waals surface area contributed by atoms with E-state index < -0.39 is 0 Å². The number of carbonyl (C=O) groups excluding carboxylic acids is 1. The maximum atomic E-state index is 12.9. The van der Waals surface area contributed by atoms with Crippen LogP contribution >= 0.6 is 11.6 Å². The van der Waals surface area contributed by atoms with E-state index in [0.717, 1.165) is 49.0 Å². The molecule has 2 aromatic carbocycles. The summed E-state index contributed by atoms with van der Waals surface area (Å²) in [6.07, 6.45) is 1.05. The van der Waals surface area contributed by atoms with Gasteiger partial charge in [0.05, 0.1) is 26.2 Å². The van der Waals surface area contributed by atoms with Crippen LogP contribution in [0.1, 0.15) is 38.7 Å². The maximum Gasteiger partial charge on any atom is 0.282 e. The minimum atomic E-state index is -0.0773. The molecule has 28 heavy (non-hydrogen) atoms. The van der Waals surface area contributed by atoms with Crippen LogP contribution in [0.2, 0.25) is 5.02 Å². The van der Waals surface area contributed by atoms with Gasteiger partial charge in [-0.05, 0) is 49.1 Å². The molecule has 0 radical (unpaired) electrons. The fourth-order valence-corrected chi connectivity index (χ4v) is 4.03. The Morgan fingerprint density at radius 3 is 2.54 bits per heavy atom. The van der Waals surface area contributed by atoms with Crippen molar-refractivity contribution in [2.75, 3.05) is 36.4 Å². The van der Waals surface area contributed by atoms with Crippen molar-refractivity contribution in [1.29, 1.82) is 0 Å². The first-order chi connectivity index (χ1) is 13.5. The van der Waals surface area contributed by atoms with E-state index in [4.69, 9.17) is 11.6 Å². The number of hydrogen-bond donors (Lipinski definition) is 2. The number of halogens is 1. The Morgan fingerprint density at radius 1 is 1.14 bits per heavy atom. The Labute approximate surface area is 173 Å². The third-order valence-electron chi connectivity index (χ3n) is 5.95. The molecule has 0 aromatic heterocycles. The number of hydrogen-bond acceptors (Lipinski definition) is 2. The van der Waals surface area contributed by atoms with Crippen LogP contribution in [0.15, 0.2) is 48.5 Å². The Balaban J connectivity index is 1.59. The van der Waals surface area contributed by atoms with Crippen molar-refractivity contribution in [3.05, 3.63) is 59.1 Å². The van der Waals surface area contributed by atoms with Gasteiger partial charge in [-0.3, -0.25) is 4.79 Å². The number of para-hydroxylation sites is 1. The molecule has 0 unspecified atom stereocenters. The van der Waals surface area contributed by atoms with Gasteiger partial charge >= 0.3 is 0 Å². The number of amides is 1. The smallest absolute Gasteiger partial charge is 0.282 e. The molecule has 0 bridgehead atoms. The summed E-state index contributed by atoms with van der Waals surface area (Å²) in [6, 6.07) is 16.1. The number of benzene rings is 2. The highest BCUT2D eigenvalue weighted by Gasteiger charge is 2.29. The summed E-state index contributed by atoms with van der Waals surface area (Å²) in [5.41, 5.74) is 3.32. The van der Waals surface area contributed by atoms with Crippen LogP contribution in [-0.4, -0.2) is 38.1 Å². The van der Waals surface area contributed by atoms with Gasteiger partial charge in [-0.1, -0.05) is 49.7 Å². The predicted molar refractivity (Wildman–Crippen MR) is 118 cm³/mol. The first-order valence-corrected chi connectivity index (χ1v) is 10.6. The van der Waals surface area contributed by atoms with Crippen molar-refractivity contribution < 1.29 is 9.69 Å². The van der Waals surface area contributed by atoms with Crippen molar-refractivity contribution in [2.45, 2.75) is 39.2 Å². The minimum absolute atomic E-state index is 0.0773. The standard InChI is InChI=1S/C23H30ClN3O/c1-4-17(2)21-10-5-6-11-22(21)25-23(28)18(3)26-12-14-27(15-13-26)20-9-7-8-19(24)16-20/h5-11,16-18H,4,12-15H2,1-3H3,(H,25,28)/p+1/t17-,18+/m0/s1. The molecule has 2 aromatic rings. The summed E-state index contributed by atoms with van der Waals surface area (Å²) in [6.45, 7) is 10.1. The van der Waals surface area contributed by atoms with Gasteiger partial charge in [-0.25, -0.2) is 0 Å². The van der Waals surface area contributed by atoms with Gasteiger partial charge in [0, 0.05) is 16.4 Å². The molecule has 4 nitrogen and oxygen atoms in total. The monoisotopic (exact) mass is 400 g/mol. The third-order valence-corrected chi connectivity index (χ3v) is 6.18. The quantitative estimate of drug-likeness (QED) is 0.777. The van der Waals surface area contributed by atoms with Crippen LogP contribution in [0.25, 0.3) is 0 Å².